The number of rotatable bonds is 6. The molecule has 0 atom stereocenters. The highest BCUT2D eigenvalue weighted by Gasteiger charge is 2.30. The molecule has 0 unspecified atom stereocenters. The van der Waals surface area contributed by atoms with Crippen molar-refractivity contribution in [1.29, 1.82) is 0 Å². The predicted octanol–water partition coefficient (Wildman–Crippen LogP) is 7.02. The topological polar surface area (TPSA) is 88.6 Å². The first kappa shape index (κ1) is 25.9. The Morgan fingerprint density at radius 2 is 1.60 bits per heavy atom. The van der Waals surface area contributed by atoms with Crippen molar-refractivity contribution >= 4 is 55.7 Å². The van der Waals surface area contributed by atoms with E-state index in [0.717, 1.165) is 31.2 Å². The van der Waals surface area contributed by atoms with Gasteiger partial charge in [-0.25, -0.2) is 9.78 Å². The summed E-state index contributed by atoms with van der Waals surface area (Å²) in [5, 5.41) is 4.64. The third-order valence-electron chi connectivity index (χ3n) is 6.76. The maximum Gasteiger partial charge on any atom is 0.410 e. The van der Waals surface area contributed by atoms with Crippen LogP contribution in [0, 0.1) is 0 Å². The first-order valence-corrected chi connectivity index (χ1v) is 14.6. The highest BCUT2D eigenvalue weighted by molar-refractivity contribution is 7.23. The highest BCUT2D eigenvalue weighted by Crippen LogP contribution is 2.46. The van der Waals surface area contributed by atoms with Gasteiger partial charge in [-0.2, -0.15) is 0 Å². The molecule has 200 valence electrons. The number of nitrogens with zero attached hydrogens (tertiary/aromatic N) is 2. The van der Waals surface area contributed by atoms with Crippen LogP contribution in [0.5, 0.6) is 0 Å². The highest BCUT2D eigenvalue weighted by atomic mass is 32.1. The number of para-hydroxylation sites is 1. The molecule has 0 spiro atoms. The average Bonchev–Trinajstić information content (AvgIpc) is 3.57. The number of benzene rings is 3. The number of amides is 2. The number of ether oxygens (including phenoxy) is 1. The van der Waals surface area contributed by atoms with Crippen molar-refractivity contribution in [2.24, 2.45) is 0 Å². The Morgan fingerprint density at radius 1 is 0.900 bits per heavy atom. The van der Waals surface area contributed by atoms with Crippen LogP contribution in [0.4, 0.5) is 9.80 Å². The summed E-state index contributed by atoms with van der Waals surface area (Å²) < 4.78 is 6.29. The van der Waals surface area contributed by atoms with Gasteiger partial charge in [0.1, 0.15) is 10.0 Å². The fourth-order valence-electron chi connectivity index (χ4n) is 4.77. The van der Waals surface area contributed by atoms with Gasteiger partial charge in [-0.15, -0.1) is 22.7 Å². The van der Waals surface area contributed by atoms with Crippen LogP contribution in [-0.2, 0) is 17.7 Å². The smallest absolute Gasteiger partial charge is 0.410 e. The molecule has 2 aromatic heterocycles. The maximum atomic E-state index is 13.4. The van der Waals surface area contributed by atoms with E-state index in [1.165, 1.54) is 11.3 Å². The molecule has 0 radical (unpaired) electrons. The van der Waals surface area contributed by atoms with E-state index >= 15 is 0 Å². The van der Waals surface area contributed by atoms with Gasteiger partial charge in [-0.05, 0) is 43.2 Å². The second-order valence-electron chi connectivity index (χ2n) is 9.29. The summed E-state index contributed by atoms with van der Waals surface area (Å²) in [5.74, 6) is -0.371. The van der Waals surface area contributed by atoms with Gasteiger partial charge in [0.05, 0.1) is 23.4 Å². The van der Waals surface area contributed by atoms with Gasteiger partial charge in [0.2, 0.25) is 0 Å². The number of thiazole rings is 1. The second-order valence-corrected chi connectivity index (χ2v) is 11.4. The zero-order valence-electron chi connectivity index (χ0n) is 21.7. The Kier molecular flexibility index (Phi) is 7.15. The number of anilines is 1. The van der Waals surface area contributed by atoms with Gasteiger partial charge < -0.3 is 15.0 Å². The van der Waals surface area contributed by atoms with Gasteiger partial charge in [-0.3, -0.25) is 9.59 Å². The van der Waals surface area contributed by atoms with Crippen LogP contribution in [0.3, 0.4) is 0 Å². The molecule has 7 nitrogen and oxygen atoms in total. The minimum atomic E-state index is -0.334. The molecule has 1 aliphatic heterocycles. The Labute approximate surface area is 239 Å². The van der Waals surface area contributed by atoms with Gasteiger partial charge in [-0.1, -0.05) is 54.6 Å². The van der Waals surface area contributed by atoms with Crippen LogP contribution in [0.2, 0.25) is 0 Å². The number of carbonyl (C=O) groups excluding carboxylic acids is 3. The number of thiophene rings is 1. The number of fused-ring (bicyclic) bond motifs is 2. The molecule has 5 aromatic rings. The molecule has 1 aliphatic rings. The van der Waals surface area contributed by atoms with E-state index in [9.17, 15) is 14.4 Å². The lowest BCUT2D eigenvalue weighted by Gasteiger charge is -2.26. The molecule has 0 fully saturated rings. The normalized spacial score (nSPS) is 12.7. The molecule has 1 N–H and O–H groups in total. The quantitative estimate of drug-likeness (QED) is 0.223. The summed E-state index contributed by atoms with van der Waals surface area (Å²) in [4.78, 5) is 46.2. The van der Waals surface area contributed by atoms with Crippen LogP contribution < -0.4 is 5.32 Å². The van der Waals surface area contributed by atoms with Crippen LogP contribution in [0.1, 0.15) is 43.6 Å². The summed E-state index contributed by atoms with van der Waals surface area (Å²) in [6.07, 6.45) is 0.307. The van der Waals surface area contributed by atoms with Crippen LogP contribution in [0.15, 0.2) is 78.9 Å². The Bertz CT molecular complexity index is 1690. The van der Waals surface area contributed by atoms with Crippen molar-refractivity contribution in [2.45, 2.75) is 19.9 Å². The largest absolute Gasteiger partial charge is 0.450 e. The lowest BCUT2D eigenvalue weighted by Crippen LogP contribution is -2.35. The van der Waals surface area contributed by atoms with Crippen LogP contribution in [0.25, 0.3) is 20.8 Å². The molecular formula is C31H25N3O4S2. The van der Waals surface area contributed by atoms with E-state index in [1.807, 2.05) is 42.5 Å². The summed E-state index contributed by atoms with van der Waals surface area (Å²) in [6.45, 7) is 3.07. The van der Waals surface area contributed by atoms with Crippen LogP contribution >= 0.6 is 22.7 Å². The second kappa shape index (κ2) is 11.0. The molecule has 2 amide bonds. The zero-order valence-corrected chi connectivity index (χ0v) is 23.3. The number of hydrogen-bond donors (Lipinski definition) is 1. The van der Waals surface area contributed by atoms with E-state index in [0.29, 0.717) is 47.8 Å². The Hall–Kier alpha value is -4.34. The predicted molar refractivity (Wildman–Crippen MR) is 158 cm³/mol. The summed E-state index contributed by atoms with van der Waals surface area (Å²) >= 11 is 3.05. The lowest BCUT2D eigenvalue weighted by atomic mass is 10.0. The van der Waals surface area contributed by atoms with Gasteiger partial charge >= 0.3 is 6.09 Å². The maximum absolute atomic E-state index is 13.4. The van der Waals surface area contributed by atoms with Crippen molar-refractivity contribution < 1.29 is 19.1 Å². The summed E-state index contributed by atoms with van der Waals surface area (Å²) in [5.41, 5.74) is 4.48. The molecule has 3 aromatic carbocycles. The number of carbonyl (C=O) groups is 3. The number of hydrogen-bond acceptors (Lipinski definition) is 7. The Morgan fingerprint density at radius 3 is 2.35 bits per heavy atom. The molecule has 0 saturated carbocycles. The molecule has 6 rings (SSSR count). The minimum Gasteiger partial charge on any atom is -0.450 e. The molecular weight excluding hydrogens is 542 g/mol. The fourth-order valence-corrected chi connectivity index (χ4v) is 7.14. The lowest BCUT2D eigenvalue weighted by molar-refractivity contribution is 0.102. The number of nitrogens with one attached hydrogen (secondary N) is 1. The van der Waals surface area contributed by atoms with E-state index < -0.39 is 0 Å². The van der Waals surface area contributed by atoms with Gasteiger partial charge in [0.15, 0.2) is 5.78 Å². The molecule has 0 saturated heterocycles. The first-order valence-electron chi connectivity index (χ1n) is 12.9. The SMILES string of the molecule is CCOC(=O)N1CCc2c(sc(NC(=O)c3ccc(C(=O)c4ccccc4)cc3)c2-c2nc3ccccc3s2)C1. The molecule has 9 heteroatoms. The van der Waals surface area contributed by atoms with E-state index in [4.69, 9.17) is 9.72 Å². The summed E-state index contributed by atoms with van der Waals surface area (Å²) in [6, 6.07) is 23.7. The molecule has 0 aliphatic carbocycles. The standard InChI is InChI=1S/C31H25N3O4S2/c1-2-38-31(37)34-17-16-22-25(18-34)40-30(26(22)29-32-23-10-6-7-11-24(23)39-29)33-28(36)21-14-12-20(13-15-21)27(35)19-8-4-3-5-9-19/h3-15H,2,16-18H2,1H3,(H,33,36). The van der Waals surface area contributed by atoms with Crippen LogP contribution in [-0.4, -0.2) is 40.8 Å². The van der Waals surface area contributed by atoms with Gasteiger partial charge in [0, 0.05) is 33.7 Å². The third kappa shape index (κ3) is 5.01. The fraction of sp³-hybridized carbons (Fsp3) is 0.161. The van der Waals surface area contributed by atoms with E-state index in [1.54, 1.807) is 59.6 Å². The number of ketones is 1. The van der Waals surface area contributed by atoms with Crippen molar-refractivity contribution in [3.63, 3.8) is 0 Å². The van der Waals surface area contributed by atoms with E-state index in [2.05, 4.69) is 5.32 Å². The third-order valence-corrected chi connectivity index (χ3v) is 8.95. The van der Waals surface area contributed by atoms with Gasteiger partial charge in [0.25, 0.3) is 5.91 Å². The molecule has 3 heterocycles. The monoisotopic (exact) mass is 567 g/mol. The number of aromatic nitrogens is 1. The minimum absolute atomic E-state index is 0.0947. The molecule has 0 bridgehead atoms. The first-order chi connectivity index (χ1) is 19.5. The van der Waals surface area contributed by atoms with Crippen molar-refractivity contribution in [2.75, 3.05) is 18.5 Å². The van der Waals surface area contributed by atoms with Crippen molar-refractivity contribution in [1.82, 2.24) is 9.88 Å². The average molecular weight is 568 g/mol. The Balaban J connectivity index is 1.31. The summed E-state index contributed by atoms with van der Waals surface area (Å²) in [7, 11) is 0. The zero-order chi connectivity index (χ0) is 27.6. The van der Waals surface area contributed by atoms with E-state index in [-0.39, 0.29) is 17.8 Å². The van der Waals surface area contributed by atoms with Crippen molar-refractivity contribution in [3.05, 3.63) is 106 Å². The van der Waals surface area contributed by atoms with Crippen molar-refractivity contribution in [3.8, 4) is 10.6 Å². The molecule has 40 heavy (non-hydrogen) atoms.